The Labute approximate surface area is 134 Å². The van der Waals surface area contributed by atoms with E-state index in [1.807, 2.05) is 12.1 Å². The van der Waals surface area contributed by atoms with Crippen molar-refractivity contribution in [1.82, 2.24) is 4.31 Å². The second kappa shape index (κ2) is 7.41. The molecule has 8 heteroatoms. The zero-order chi connectivity index (χ0) is 16.2. The maximum atomic E-state index is 12.3. The molecule has 0 aliphatic carbocycles. The normalized spacial score (nSPS) is 20.0. The molecule has 6 nitrogen and oxygen atoms in total. The van der Waals surface area contributed by atoms with E-state index in [1.54, 1.807) is 12.1 Å². The highest BCUT2D eigenvalue weighted by molar-refractivity contribution is 7.89. The van der Waals surface area contributed by atoms with Crippen LogP contribution in [-0.4, -0.2) is 49.2 Å². The number of hydrogen-bond acceptors (Lipinski definition) is 4. The number of benzene rings is 1. The van der Waals surface area contributed by atoms with Gasteiger partial charge in [0.1, 0.15) is 0 Å². The minimum atomic E-state index is -3.46. The van der Waals surface area contributed by atoms with Crippen LogP contribution in [0.25, 0.3) is 0 Å². The van der Waals surface area contributed by atoms with Crippen LogP contribution in [0.1, 0.15) is 24.5 Å². The summed E-state index contributed by atoms with van der Waals surface area (Å²) in [6.07, 6.45) is -0.370. The summed E-state index contributed by atoms with van der Waals surface area (Å²) in [7, 11) is -3.46. The van der Waals surface area contributed by atoms with Crippen molar-refractivity contribution >= 4 is 27.6 Å². The smallest absolute Gasteiger partial charge is 0.303 e. The number of carboxylic acids is 1. The minimum absolute atomic E-state index is 0.112. The Morgan fingerprint density at radius 1 is 1.36 bits per heavy atom. The van der Waals surface area contributed by atoms with Crippen molar-refractivity contribution in [3.05, 3.63) is 34.9 Å². The van der Waals surface area contributed by atoms with E-state index in [4.69, 9.17) is 21.4 Å². The van der Waals surface area contributed by atoms with Crippen LogP contribution in [0.4, 0.5) is 0 Å². The van der Waals surface area contributed by atoms with Gasteiger partial charge in [-0.3, -0.25) is 4.79 Å². The van der Waals surface area contributed by atoms with Crippen LogP contribution in [0.2, 0.25) is 5.02 Å². The van der Waals surface area contributed by atoms with Gasteiger partial charge in [0.2, 0.25) is 10.0 Å². The van der Waals surface area contributed by atoms with Crippen molar-refractivity contribution in [2.24, 2.45) is 0 Å². The van der Waals surface area contributed by atoms with Crippen molar-refractivity contribution in [2.45, 2.75) is 18.9 Å². The number of halogens is 1. The SMILES string of the molecule is O=C(O)CCCS(=O)(=O)N1CCOC(c2ccc(Cl)cc2)C1. The van der Waals surface area contributed by atoms with Gasteiger partial charge in [0.15, 0.2) is 0 Å². The summed E-state index contributed by atoms with van der Waals surface area (Å²) in [4.78, 5) is 10.5. The average molecular weight is 348 g/mol. The van der Waals surface area contributed by atoms with E-state index < -0.39 is 16.0 Å². The van der Waals surface area contributed by atoms with E-state index in [9.17, 15) is 13.2 Å². The second-order valence-electron chi connectivity index (χ2n) is 5.08. The van der Waals surface area contributed by atoms with Gasteiger partial charge >= 0.3 is 5.97 Å². The number of nitrogens with zero attached hydrogens (tertiary/aromatic N) is 1. The van der Waals surface area contributed by atoms with Gasteiger partial charge in [-0.1, -0.05) is 23.7 Å². The molecule has 1 N–H and O–H groups in total. The van der Waals surface area contributed by atoms with Crippen molar-refractivity contribution in [2.75, 3.05) is 25.4 Å². The van der Waals surface area contributed by atoms with E-state index >= 15 is 0 Å². The molecule has 0 saturated carbocycles. The first-order chi connectivity index (χ1) is 10.4. The van der Waals surface area contributed by atoms with Gasteiger partial charge in [-0.05, 0) is 24.1 Å². The summed E-state index contributed by atoms with van der Waals surface area (Å²) in [6.45, 7) is 0.835. The Hall–Kier alpha value is -1.15. The van der Waals surface area contributed by atoms with Crippen LogP contribution in [0, 0.1) is 0 Å². The number of carbonyl (C=O) groups is 1. The number of ether oxygens (including phenoxy) is 1. The number of aliphatic carboxylic acids is 1. The molecular formula is C14H18ClNO5S. The molecule has 1 saturated heterocycles. The average Bonchev–Trinajstić information content (AvgIpc) is 2.47. The molecule has 1 aromatic carbocycles. The predicted octanol–water partition coefficient (Wildman–Crippen LogP) is 1.91. The summed E-state index contributed by atoms with van der Waals surface area (Å²) >= 11 is 5.84. The third kappa shape index (κ3) is 4.67. The van der Waals surface area contributed by atoms with Gasteiger partial charge in [0, 0.05) is 24.5 Å². The third-order valence-corrected chi connectivity index (χ3v) is 5.63. The van der Waals surface area contributed by atoms with Crippen LogP contribution in [0.3, 0.4) is 0 Å². The lowest BCUT2D eigenvalue weighted by molar-refractivity contribution is -0.137. The third-order valence-electron chi connectivity index (χ3n) is 3.46. The Morgan fingerprint density at radius 2 is 2.05 bits per heavy atom. The molecule has 2 rings (SSSR count). The summed E-state index contributed by atoms with van der Waals surface area (Å²) < 4.78 is 31.5. The Balaban J connectivity index is 2.00. The highest BCUT2D eigenvalue weighted by atomic mass is 35.5. The van der Waals surface area contributed by atoms with Crippen molar-refractivity contribution in [3.63, 3.8) is 0 Å². The largest absolute Gasteiger partial charge is 0.481 e. The maximum Gasteiger partial charge on any atom is 0.303 e. The fraction of sp³-hybridized carbons (Fsp3) is 0.500. The van der Waals surface area contributed by atoms with E-state index in [2.05, 4.69) is 0 Å². The molecular weight excluding hydrogens is 330 g/mol. The lowest BCUT2D eigenvalue weighted by Gasteiger charge is -2.32. The molecule has 0 amide bonds. The molecule has 1 fully saturated rings. The highest BCUT2D eigenvalue weighted by Crippen LogP contribution is 2.25. The van der Waals surface area contributed by atoms with Crippen molar-refractivity contribution in [1.29, 1.82) is 0 Å². The molecule has 0 radical (unpaired) electrons. The number of sulfonamides is 1. The molecule has 22 heavy (non-hydrogen) atoms. The molecule has 0 spiro atoms. The van der Waals surface area contributed by atoms with Gasteiger partial charge in [0.05, 0.1) is 18.5 Å². The summed E-state index contributed by atoms with van der Waals surface area (Å²) in [6, 6.07) is 7.10. The van der Waals surface area contributed by atoms with Crippen LogP contribution in [-0.2, 0) is 19.6 Å². The van der Waals surface area contributed by atoms with Crippen molar-refractivity contribution < 1.29 is 23.1 Å². The van der Waals surface area contributed by atoms with Gasteiger partial charge in [-0.2, -0.15) is 4.31 Å². The van der Waals surface area contributed by atoms with Crippen LogP contribution < -0.4 is 0 Å². The first-order valence-corrected chi connectivity index (χ1v) is 8.94. The maximum absolute atomic E-state index is 12.3. The van der Waals surface area contributed by atoms with Gasteiger partial charge in [0.25, 0.3) is 0 Å². The van der Waals surface area contributed by atoms with E-state index in [-0.39, 0.29) is 31.2 Å². The molecule has 1 heterocycles. The predicted molar refractivity (Wildman–Crippen MR) is 82.4 cm³/mol. The van der Waals surface area contributed by atoms with Crippen molar-refractivity contribution in [3.8, 4) is 0 Å². The second-order valence-corrected chi connectivity index (χ2v) is 7.61. The standard InChI is InChI=1S/C14H18ClNO5S/c15-12-5-3-11(4-6-12)13-10-16(7-8-21-13)22(19,20)9-1-2-14(17)18/h3-6,13H,1-2,7-10H2,(H,17,18). The Bertz CT molecular complexity index is 617. The molecule has 1 aromatic rings. The molecule has 1 atom stereocenters. The monoisotopic (exact) mass is 347 g/mol. The van der Waals surface area contributed by atoms with E-state index in [1.165, 1.54) is 4.31 Å². The lowest BCUT2D eigenvalue weighted by atomic mass is 10.1. The van der Waals surface area contributed by atoms with Crippen LogP contribution in [0.15, 0.2) is 24.3 Å². The zero-order valence-corrected chi connectivity index (χ0v) is 13.5. The zero-order valence-electron chi connectivity index (χ0n) is 11.9. The number of hydrogen-bond donors (Lipinski definition) is 1. The van der Waals surface area contributed by atoms with E-state index in [0.29, 0.717) is 18.2 Å². The number of rotatable bonds is 6. The van der Waals surface area contributed by atoms with Gasteiger partial charge in [-0.25, -0.2) is 8.42 Å². The van der Waals surface area contributed by atoms with Gasteiger partial charge in [-0.15, -0.1) is 0 Å². The van der Waals surface area contributed by atoms with Gasteiger partial charge < -0.3 is 9.84 Å². The Kier molecular flexibility index (Phi) is 5.80. The number of morpholine rings is 1. The number of carboxylic acid groups (broad SMARTS) is 1. The fourth-order valence-corrected chi connectivity index (χ4v) is 3.90. The van der Waals surface area contributed by atoms with Crippen LogP contribution in [0.5, 0.6) is 0 Å². The fourth-order valence-electron chi connectivity index (χ4n) is 2.29. The highest BCUT2D eigenvalue weighted by Gasteiger charge is 2.30. The first kappa shape index (κ1) is 17.2. The quantitative estimate of drug-likeness (QED) is 0.849. The molecule has 1 unspecified atom stereocenters. The molecule has 1 aliphatic rings. The molecule has 122 valence electrons. The van der Waals surface area contributed by atoms with Crippen LogP contribution >= 0.6 is 11.6 Å². The molecule has 1 aliphatic heterocycles. The molecule has 0 bridgehead atoms. The lowest BCUT2D eigenvalue weighted by Crippen LogP contribution is -2.43. The first-order valence-electron chi connectivity index (χ1n) is 6.95. The Morgan fingerprint density at radius 3 is 2.68 bits per heavy atom. The van der Waals surface area contributed by atoms with E-state index in [0.717, 1.165) is 5.56 Å². The summed E-state index contributed by atoms with van der Waals surface area (Å²) in [5, 5.41) is 9.20. The molecule has 0 aromatic heterocycles. The summed E-state index contributed by atoms with van der Waals surface area (Å²) in [5.41, 5.74) is 0.870. The minimum Gasteiger partial charge on any atom is -0.481 e. The summed E-state index contributed by atoms with van der Waals surface area (Å²) in [5.74, 6) is -1.15. The topological polar surface area (TPSA) is 83.9 Å².